The number of aliphatic hydroxyl groups excluding tert-OH is 1. The predicted octanol–water partition coefficient (Wildman–Crippen LogP) is 4.16. The van der Waals surface area contributed by atoms with Crippen molar-refractivity contribution in [3.05, 3.63) is 59.9 Å². The number of anilines is 1. The molecule has 2 aromatic carbocycles. The summed E-state index contributed by atoms with van der Waals surface area (Å²) in [5.41, 5.74) is 2.52. The van der Waals surface area contributed by atoms with Crippen molar-refractivity contribution in [3.8, 4) is 28.6 Å². The Balaban J connectivity index is 1.85. The predicted molar refractivity (Wildman–Crippen MR) is 121 cm³/mol. The third kappa shape index (κ3) is 3.91. The molecule has 0 unspecified atom stereocenters. The van der Waals surface area contributed by atoms with E-state index in [-0.39, 0.29) is 18.4 Å². The molecule has 32 heavy (non-hydrogen) atoms. The zero-order valence-electron chi connectivity index (χ0n) is 18.5. The van der Waals surface area contributed by atoms with E-state index in [1.807, 2.05) is 30.3 Å². The minimum absolute atomic E-state index is 0.0176. The standard InChI is InChI=1S/C25H27NO6/c1-29-22-13-17(14-23(30-2)25(22)31-3)24(28)19-12-16(21-7-5-11-32-21)8-9-20(19)26-10-4-6-18(26)15-27/h5,7-9,11-14,18,27H,4,6,10,15H2,1-3H3/t18-/m0/s1. The lowest BCUT2D eigenvalue weighted by Gasteiger charge is -2.27. The topological polar surface area (TPSA) is 81.4 Å². The van der Waals surface area contributed by atoms with Crippen molar-refractivity contribution in [1.29, 1.82) is 0 Å². The number of aliphatic hydroxyl groups is 1. The maximum absolute atomic E-state index is 13.8. The van der Waals surface area contributed by atoms with E-state index in [0.717, 1.165) is 30.6 Å². The zero-order valence-corrected chi connectivity index (χ0v) is 18.5. The van der Waals surface area contributed by atoms with E-state index in [9.17, 15) is 9.90 Å². The van der Waals surface area contributed by atoms with Gasteiger partial charge in [0.1, 0.15) is 5.76 Å². The summed E-state index contributed by atoms with van der Waals surface area (Å²) < 4.78 is 21.8. The van der Waals surface area contributed by atoms with Crippen LogP contribution in [0.5, 0.6) is 17.2 Å². The molecular formula is C25H27NO6. The normalized spacial score (nSPS) is 15.6. The minimum Gasteiger partial charge on any atom is -0.493 e. The van der Waals surface area contributed by atoms with Crippen LogP contribution in [-0.4, -0.2) is 51.4 Å². The van der Waals surface area contributed by atoms with Crippen molar-refractivity contribution in [2.75, 3.05) is 39.4 Å². The largest absolute Gasteiger partial charge is 0.493 e. The number of benzene rings is 2. The van der Waals surface area contributed by atoms with Gasteiger partial charge in [0.2, 0.25) is 5.75 Å². The van der Waals surface area contributed by atoms with Crippen LogP contribution >= 0.6 is 0 Å². The van der Waals surface area contributed by atoms with E-state index in [4.69, 9.17) is 18.6 Å². The Kier molecular flexibility index (Phi) is 6.37. The Morgan fingerprint density at radius 2 is 1.84 bits per heavy atom. The number of hydrogen-bond acceptors (Lipinski definition) is 7. The van der Waals surface area contributed by atoms with Crippen molar-refractivity contribution in [1.82, 2.24) is 0 Å². The van der Waals surface area contributed by atoms with Gasteiger partial charge in [-0.15, -0.1) is 0 Å². The molecule has 7 heteroatoms. The van der Waals surface area contributed by atoms with E-state index in [1.165, 1.54) is 21.3 Å². The Hall–Kier alpha value is -3.45. The molecule has 0 spiro atoms. The summed E-state index contributed by atoms with van der Waals surface area (Å²) in [4.78, 5) is 15.9. The smallest absolute Gasteiger partial charge is 0.203 e. The minimum atomic E-state index is -0.184. The maximum atomic E-state index is 13.8. The summed E-state index contributed by atoms with van der Waals surface area (Å²) in [5, 5.41) is 9.85. The monoisotopic (exact) mass is 437 g/mol. The first-order valence-electron chi connectivity index (χ1n) is 10.5. The lowest BCUT2D eigenvalue weighted by Crippen LogP contribution is -2.33. The second-order valence-electron chi connectivity index (χ2n) is 7.62. The summed E-state index contributed by atoms with van der Waals surface area (Å²) in [5.74, 6) is 1.74. The number of carbonyl (C=O) groups excluding carboxylic acids is 1. The van der Waals surface area contributed by atoms with E-state index >= 15 is 0 Å². The van der Waals surface area contributed by atoms with Crippen LogP contribution in [0.2, 0.25) is 0 Å². The van der Waals surface area contributed by atoms with Crippen molar-refractivity contribution < 1.29 is 28.5 Å². The molecule has 1 aromatic heterocycles. The molecule has 0 amide bonds. The quantitative estimate of drug-likeness (QED) is 0.530. The van der Waals surface area contributed by atoms with E-state index in [0.29, 0.717) is 34.1 Å². The summed E-state index contributed by atoms with van der Waals surface area (Å²) in [7, 11) is 4.56. The first-order chi connectivity index (χ1) is 15.6. The fourth-order valence-electron chi connectivity index (χ4n) is 4.27. The van der Waals surface area contributed by atoms with Gasteiger partial charge in [0, 0.05) is 28.9 Å². The highest BCUT2D eigenvalue weighted by atomic mass is 16.5. The van der Waals surface area contributed by atoms with Crippen LogP contribution in [0.3, 0.4) is 0 Å². The van der Waals surface area contributed by atoms with Gasteiger partial charge in [-0.1, -0.05) is 0 Å². The summed E-state index contributed by atoms with van der Waals surface area (Å²) in [6.07, 6.45) is 3.45. The van der Waals surface area contributed by atoms with Crippen LogP contribution in [-0.2, 0) is 0 Å². The number of carbonyl (C=O) groups is 1. The van der Waals surface area contributed by atoms with Gasteiger partial charge in [0.15, 0.2) is 17.3 Å². The van der Waals surface area contributed by atoms with Crippen LogP contribution in [0, 0.1) is 0 Å². The SMILES string of the molecule is COc1cc(C(=O)c2cc(-c3ccco3)ccc2N2CCC[C@H]2CO)cc(OC)c1OC. The summed E-state index contributed by atoms with van der Waals surface area (Å²) in [6, 6.07) is 12.7. The highest BCUT2D eigenvalue weighted by Crippen LogP contribution is 2.40. The molecule has 0 bridgehead atoms. The summed E-state index contributed by atoms with van der Waals surface area (Å²) in [6.45, 7) is 0.818. The summed E-state index contributed by atoms with van der Waals surface area (Å²) >= 11 is 0. The highest BCUT2D eigenvalue weighted by molar-refractivity contribution is 6.13. The van der Waals surface area contributed by atoms with Gasteiger partial charge < -0.3 is 28.6 Å². The molecule has 4 rings (SSSR count). The molecule has 1 aliphatic rings. The number of ether oxygens (including phenoxy) is 3. The molecule has 1 aliphatic heterocycles. The molecular weight excluding hydrogens is 410 g/mol. The molecule has 1 saturated heterocycles. The van der Waals surface area contributed by atoms with Gasteiger partial charge in [0.05, 0.1) is 40.2 Å². The Labute approximate surface area is 187 Å². The van der Waals surface area contributed by atoms with Crippen LogP contribution in [0.15, 0.2) is 53.1 Å². The van der Waals surface area contributed by atoms with Gasteiger partial charge in [-0.2, -0.15) is 0 Å². The third-order valence-electron chi connectivity index (χ3n) is 5.87. The Bertz CT molecular complexity index is 1070. The lowest BCUT2D eigenvalue weighted by atomic mass is 9.97. The molecule has 3 aromatic rings. The van der Waals surface area contributed by atoms with Gasteiger partial charge in [0.25, 0.3) is 0 Å². The van der Waals surface area contributed by atoms with E-state index in [1.54, 1.807) is 18.4 Å². The molecule has 0 radical (unpaired) electrons. The second-order valence-corrected chi connectivity index (χ2v) is 7.62. The van der Waals surface area contributed by atoms with Gasteiger partial charge in [-0.25, -0.2) is 0 Å². The Morgan fingerprint density at radius 1 is 1.09 bits per heavy atom. The van der Waals surface area contributed by atoms with Crippen molar-refractivity contribution in [3.63, 3.8) is 0 Å². The zero-order chi connectivity index (χ0) is 22.7. The molecule has 1 N–H and O–H groups in total. The van der Waals surface area contributed by atoms with Crippen molar-refractivity contribution in [2.24, 2.45) is 0 Å². The average Bonchev–Trinajstić information content (AvgIpc) is 3.54. The van der Waals surface area contributed by atoms with Crippen LogP contribution in [0.1, 0.15) is 28.8 Å². The van der Waals surface area contributed by atoms with Crippen molar-refractivity contribution in [2.45, 2.75) is 18.9 Å². The number of hydrogen-bond donors (Lipinski definition) is 1. The molecule has 168 valence electrons. The van der Waals surface area contributed by atoms with Crippen LogP contribution in [0.25, 0.3) is 11.3 Å². The van der Waals surface area contributed by atoms with Gasteiger partial charge >= 0.3 is 0 Å². The first-order valence-corrected chi connectivity index (χ1v) is 10.5. The lowest BCUT2D eigenvalue weighted by molar-refractivity contribution is 0.103. The average molecular weight is 437 g/mol. The number of nitrogens with zero attached hydrogens (tertiary/aromatic N) is 1. The van der Waals surface area contributed by atoms with E-state index < -0.39 is 0 Å². The molecule has 0 aliphatic carbocycles. The number of furan rings is 1. The van der Waals surface area contributed by atoms with E-state index in [2.05, 4.69) is 4.90 Å². The number of ketones is 1. The number of rotatable bonds is 8. The number of methoxy groups -OCH3 is 3. The molecule has 7 nitrogen and oxygen atoms in total. The second kappa shape index (κ2) is 9.36. The van der Waals surface area contributed by atoms with Crippen LogP contribution < -0.4 is 19.1 Å². The third-order valence-corrected chi connectivity index (χ3v) is 5.87. The van der Waals surface area contributed by atoms with Crippen LogP contribution in [0.4, 0.5) is 5.69 Å². The molecule has 2 heterocycles. The molecule has 1 fully saturated rings. The maximum Gasteiger partial charge on any atom is 0.203 e. The highest BCUT2D eigenvalue weighted by Gasteiger charge is 2.29. The fraction of sp³-hybridized carbons (Fsp3) is 0.320. The molecule has 1 atom stereocenters. The Morgan fingerprint density at radius 3 is 2.44 bits per heavy atom. The van der Waals surface area contributed by atoms with Gasteiger partial charge in [-0.3, -0.25) is 4.79 Å². The molecule has 0 saturated carbocycles. The van der Waals surface area contributed by atoms with Gasteiger partial charge in [-0.05, 0) is 55.3 Å². The fourth-order valence-corrected chi connectivity index (χ4v) is 4.27. The van der Waals surface area contributed by atoms with Crippen molar-refractivity contribution >= 4 is 11.5 Å². The first kappa shape index (κ1) is 21.8.